The molecule has 1 aromatic rings. The SMILES string of the molecule is CCCCCCCCCn1cc[n+](C)c1.O=S(=O)([O-])C(F)(F)C(F)(F)C(F)(F)C(F)(F)F. The molecule has 32 heavy (non-hydrogen) atoms. The fourth-order valence-corrected chi connectivity index (χ4v) is 2.85. The molecule has 0 atom stereocenters. The first-order valence-electron chi connectivity index (χ1n) is 9.49. The fraction of sp³-hybridized carbons (Fsp3) is 0.824. The Balaban J connectivity index is 0.000000604. The van der Waals surface area contributed by atoms with E-state index in [4.69, 9.17) is 0 Å². The summed E-state index contributed by atoms with van der Waals surface area (Å²) in [6, 6.07) is 0. The highest BCUT2D eigenvalue weighted by molar-refractivity contribution is 7.86. The maximum Gasteiger partial charge on any atom is 0.460 e. The van der Waals surface area contributed by atoms with Gasteiger partial charge in [0, 0.05) is 0 Å². The van der Waals surface area contributed by atoms with E-state index in [-0.39, 0.29) is 0 Å². The van der Waals surface area contributed by atoms with E-state index in [1.807, 2.05) is 0 Å². The van der Waals surface area contributed by atoms with Crippen LogP contribution in [0.3, 0.4) is 0 Å². The molecule has 1 heterocycles. The minimum atomic E-state index is -7.43. The zero-order chi connectivity index (χ0) is 25.4. The van der Waals surface area contributed by atoms with Crippen molar-refractivity contribution in [1.82, 2.24) is 4.57 Å². The average molecular weight is 508 g/mol. The van der Waals surface area contributed by atoms with Crippen molar-refractivity contribution >= 4 is 10.1 Å². The molecule has 0 bridgehead atoms. The van der Waals surface area contributed by atoms with E-state index in [1.54, 1.807) is 0 Å². The molecular formula is C17H25F9N2O3S. The second-order valence-corrected chi connectivity index (χ2v) is 8.48. The lowest BCUT2D eigenvalue weighted by molar-refractivity contribution is -0.671. The molecule has 0 saturated carbocycles. The van der Waals surface area contributed by atoms with Crippen LogP contribution >= 0.6 is 0 Å². The normalized spacial score (nSPS) is 13.6. The lowest BCUT2D eigenvalue weighted by Gasteiger charge is -2.34. The first kappa shape index (κ1) is 30.5. The van der Waals surface area contributed by atoms with Gasteiger partial charge in [-0.2, -0.15) is 39.5 Å². The molecule has 0 N–H and O–H groups in total. The molecule has 0 aliphatic heterocycles. The van der Waals surface area contributed by atoms with E-state index in [2.05, 4.69) is 41.8 Å². The highest BCUT2D eigenvalue weighted by Crippen LogP contribution is 2.54. The Hall–Kier alpha value is -1.51. The number of hydrogen-bond donors (Lipinski definition) is 0. The Morgan fingerprint density at radius 2 is 1.31 bits per heavy atom. The molecule has 0 aliphatic rings. The Labute approximate surface area is 180 Å². The molecule has 190 valence electrons. The smallest absolute Gasteiger partial charge is 0.460 e. The summed E-state index contributed by atoms with van der Waals surface area (Å²) in [4.78, 5) is 0. The second kappa shape index (κ2) is 11.6. The van der Waals surface area contributed by atoms with Crippen molar-refractivity contribution < 1.29 is 57.1 Å². The number of rotatable bonds is 11. The number of halogens is 9. The monoisotopic (exact) mass is 508 g/mol. The summed E-state index contributed by atoms with van der Waals surface area (Å²) in [7, 11) is -5.35. The van der Waals surface area contributed by atoms with Gasteiger partial charge >= 0.3 is 23.3 Å². The van der Waals surface area contributed by atoms with E-state index in [0.717, 1.165) is 0 Å². The molecule has 0 fully saturated rings. The molecule has 0 spiro atoms. The second-order valence-electron chi connectivity index (χ2n) is 7.06. The van der Waals surface area contributed by atoms with Gasteiger partial charge in [0.25, 0.3) is 0 Å². The lowest BCUT2D eigenvalue weighted by Crippen LogP contribution is -2.63. The number of hydrogen-bond acceptors (Lipinski definition) is 3. The predicted octanol–water partition coefficient (Wildman–Crippen LogP) is 5.02. The Bertz CT molecular complexity index is 793. The molecule has 0 saturated heterocycles. The molecule has 1 aromatic heterocycles. The number of unbranched alkanes of at least 4 members (excludes halogenated alkanes) is 6. The van der Waals surface area contributed by atoms with Crippen molar-refractivity contribution in [3.63, 3.8) is 0 Å². The van der Waals surface area contributed by atoms with E-state index in [0.29, 0.717) is 0 Å². The summed E-state index contributed by atoms with van der Waals surface area (Å²) in [5, 5.41) is -7.11. The minimum absolute atomic E-state index is 1.18. The highest BCUT2D eigenvalue weighted by Gasteiger charge is 2.83. The minimum Gasteiger partial charge on any atom is -0.743 e. The van der Waals surface area contributed by atoms with Crippen LogP contribution in [-0.2, 0) is 23.7 Å². The molecule has 0 unspecified atom stereocenters. The molecule has 15 heteroatoms. The average Bonchev–Trinajstić information content (AvgIpc) is 3.04. The van der Waals surface area contributed by atoms with Crippen LogP contribution in [0.1, 0.15) is 51.9 Å². The van der Waals surface area contributed by atoms with Gasteiger partial charge in [-0.1, -0.05) is 39.0 Å². The molecule has 0 aromatic carbocycles. The van der Waals surface area contributed by atoms with Gasteiger partial charge in [-0.05, 0) is 12.8 Å². The summed E-state index contributed by atoms with van der Waals surface area (Å²) in [6.45, 7) is 3.45. The topological polar surface area (TPSA) is 66.0 Å². The third-order valence-corrected chi connectivity index (χ3v) is 5.16. The van der Waals surface area contributed by atoms with Gasteiger partial charge in [0.05, 0.1) is 13.6 Å². The van der Waals surface area contributed by atoms with Crippen LogP contribution in [-0.4, -0.2) is 40.8 Å². The summed E-state index contributed by atoms with van der Waals surface area (Å²) < 4.78 is 140. The number of imidazole rings is 1. The van der Waals surface area contributed by atoms with Gasteiger partial charge in [0.1, 0.15) is 12.4 Å². The molecular weight excluding hydrogens is 483 g/mol. The standard InChI is InChI=1S/C13H25N2.C4HF9O3S/c1-3-4-5-6-7-8-9-10-15-12-11-14(2)13-15;5-1(6,3(9,10)11)2(7,8)4(12,13)17(14,15)16/h11-13H,3-10H2,1-2H3;(H,14,15,16)/q+1;/p-1. The maximum absolute atomic E-state index is 12.2. The molecule has 1 rings (SSSR count). The van der Waals surface area contributed by atoms with Crippen molar-refractivity contribution in [3.8, 4) is 0 Å². The van der Waals surface area contributed by atoms with Crippen LogP contribution in [0.4, 0.5) is 39.5 Å². The third kappa shape index (κ3) is 7.81. The van der Waals surface area contributed by atoms with Crippen molar-refractivity contribution in [1.29, 1.82) is 0 Å². The Morgan fingerprint density at radius 3 is 1.69 bits per heavy atom. The number of aryl methyl sites for hydroxylation is 2. The summed E-state index contributed by atoms with van der Waals surface area (Å²) >= 11 is 0. The quantitative estimate of drug-likeness (QED) is 0.183. The number of aromatic nitrogens is 2. The van der Waals surface area contributed by atoms with Gasteiger partial charge < -0.3 is 4.55 Å². The molecule has 0 amide bonds. The Kier molecular flexibility index (Phi) is 11.0. The van der Waals surface area contributed by atoms with Crippen LogP contribution in [0.2, 0.25) is 0 Å². The van der Waals surface area contributed by atoms with Crippen molar-refractivity contribution in [3.05, 3.63) is 18.7 Å². The lowest BCUT2D eigenvalue weighted by atomic mass is 10.1. The van der Waals surface area contributed by atoms with Crippen molar-refractivity contribution in [2.45, 2.75) is 81.7 Å². The maximum atomic E-state index is 12.2. The van der Waals surface area contributed by atoms with E-state index >= 15 is 0 Å². The highest BCUT2D eigenvalue weighted by atomic mass is 32.2. The van der Waals surface area contributed by atoms with Crippen molar-refractivity contribution in [2.24, 2.45) is 7.05 Å². The van der Waals surface area contributed by atoms with E-state index in [9.17, 15) is 52.5 Å². The number of nitrogens with zero attached hydrogens (tertiary/aromatic N) is 2. The predicted molar refractivity (Wildman–Crippen MR) is 94.2 cm³/mol. The van der Waals surface area contributed by atoms with Crippen LogP contribution in [0.25, 0.3) is 0 Å². The third-order valence-electron chi connectivity index (χ3n) is 4.27. The summed E-state index contributed by atoms with van der Waals surface area (Å²) in [5.41, 5.74) is 0. The summed E-state index contributed by atoms with van der Waals surface area (Å²) in [5.74, 6) is -14.8. The van der Waals surface area contributed by atoms with E-state index in [1.165, 1.54) is 51.5 Å². The van der Waals surface area contributed by atoms with Gasteiger partial charge in [-0.15, -0.1) is 0 Å². The Morgan fingerprint density at radius 1 is 0.844 bits per heavy atom. The zero-order valence-electron chi connectivity index (χ0n) is 17.3. The van der Waals surface area contributed by atoms with Crippen LogP contribution in [0.5, 0.6) is 0 Å². The summed E-state index contributed by atoms with van der Waals surface area (Å²) in [6.07, 6.45) is 8.95. The van der Waals surface area contributed by atoms with Crippen molar-refractivity contribution in [2.75, 3.05) is 0 Å². The van der Waals surface area contributed by atoms with Gasteiger partial charge in [-0.3, -0.25) is 0 Å². The first-order valence-corrected chi connectivity index (χ1v) is 10.9. The van der Waals surface area contributed by atoms with Gasteiger partial charge in [-0.25, -0.2) is 17.6 Å². The molecule has 0 aliphatic carbocycles. The van der Waals surface area contributed by atoms with Gasteiger partial charge in [0.2, 0.25) is 6.33 Å². The zero-order valence-corrected chi connectivity index (χ0v) is 18.1. The fourth-order valence-electron chi connectivity index (χ4n) is 2.40. The van der Waals surface area contributed by atoms with Gasteiger partial charge in [0.15, 0.2) is 10.1 Å². The van der Waals surface area contributed by atoms with E-state index < -0.39 is 33.4 Å². The molecule has 5 nitrogen and oxygen atoms in total. The largest absolute Gasteiger partial charge is 0.743 e. The first-order chi connectivity index (χ1) is 14.3. The van der Waals surface area contributed by atoms with Crippen LogP contribution in [0.15, 0.2) is 18.7 Å². The van der Waals surface area contributed by atoms with Crippen LogP contribution < -0.4 is 4.57 Å². The molecule has 0 radical (unpaired) electrons. The number of alkyl halides is 9. The van der Waals surface area contributed by atoms with Crippen LogP contribution in [0, 0.1) is 0 Å².